The first-order valence-corrected chi connectivity index (χ1v) is 9.63. The lowest BCUT2D eigenvalue weighted by Gasteiger charge is -2.15. The molecule has 0 N–H and O–H groups in total. The molecule has 0 aliphatic carbocycles. The predicted octanol–water partition coefficient (Wildman–Crippen LogP) is 4.50. The second-order valence-electron chi connectivity index (χ2n) is 7.05. The summed E-state index contributed by atoms with van der Waals surface area (Å²) in [6.07, 6.45) is 0.482. The maximum Gasteiger partial charge on any atom is 0.331 e. The summed E-state index contributed by atoms with van der Waals surface area (Å²) >= 11 is 0. The van der Waals surface area contributed by atoms with Crippen LogP contribution in [0.3, 0.4) is 0 Å². The molecule has 1 unspecified atom stereocenters. The maximum absolute atomic E-state index is 13.0. The first kappa shape index (κ1) is 19.5. The highest BCUT2D eigenvalue weighted by Gasteiger charge is 2.43. The quantitative estimate of drug-likeness (QED) is 0.570. The van der Waals surface area contributed by atoms with E-state index in [4.69, 9.17) is 9.47 Å². The normalized spacial score (nSPS) is 16.1. The van der Waals surface area contributed by atoms with E-state index < -0.39 is 6.04 Å². The van der Waals surface area contributed by atoms with Crippen molar-refractivity contribution < 1.29 is 19.1 Å². The van der Waals surface area contributed by atoms with Gasteiger partial charge in [0.1, 0.15) is 23.3 Å². The maximum atomic E-state index is 13.0. The molecule has 6 nitrogen and oxygen atoms in total. The molecule has 0 spiro atoms. The fourth-order valence-electron chi connectivity index (χ4n) is 3.46. The first-order chi connectivity index (χ1) is 14.6. The van der Waals surface area contributed by atoms with Crippen molar-refractivity contribution in [2.24, 2.45) is 0 Å². The number of hydrogen-bond acceptors (Lipinski definition) is 4. The highest BCUT2D eigenvalue weighted by Crippen LogP contribution is 2.30. The number of anilines is 1. The van der Waals surface area contributed by atoms with Gasteiger partial charge in [0.05, 0.1) is 12.8 Å². The highest BCUT2D eigenvalue weighted by atomic mass is 16.5. The predicted molar refractivity (Wildman–Crippen MR) is 114 cm³/mol. The molecule has 1 atom stereocenters. The van der Waals surface area contributed by atoms with Crippen molar-refractivity contribution in [2.75, 3.05) is 19.1 Å². The fraction of sp³-hybridized carbons (Fsp3) is 0.167. The Balaban J connectivity index is 1.50. The molecule has 1 aliphatic rings. The summed E-state index contributed by atoms with van der Waals surface area (Å²) in [5.74, 6) is 1.70. The van der Waals surface area contributed by atoms with Gasteiger partial charge in [-0.1, -0.05) is 36.4 Å². The van der Waals surface area contributed by atoms with Gasteiger partial charge in [-0.25, -0.2) is 9.69 Å². The minimum atomic E-state index is -0.521. The average molecular weight is 402 g/mol. The largest absolute Gasteiger partial charge is 0.497 e. The van der Waals surface area contributed by atoms with Crippen LogP contribution in [-0.2, 0) is 11.2 Å². The topological polar surface area (TPSA) is 59.1 Å². The van der Waals surface area contributed by atoms with Crippen LogP contribution in [0.5, 0.6) is 17.2 Å². The Hall–Kier alpha value is -3.80. The van der Waals surface area contributed by atoms with Gasteiger partial charge in [0.25, 0.3) is 5.91 Å². The van der Waals surface area contributed by atoms with Crippen molar-refractivity contribution in [3.63, 3.8) is 0 Å². The third-order valence-electron chi connectivity index (χ3n) is 5.11. The Morgan fingerprint density at radius 2 is 1.53 bits per heavy atom. The first-order valence-electron chi connectivity index (χ1n) is 9.63. The Labute approximate surface area is 175 Å². The molecule has 0 bridgehead atoms. The van der Waals surface area contributed by atoms with Crippen molar-refractivity contribution in [3.8, 4) is 17.2 Å². The second-order valence-corrected chi connectivity index (χ2v) is 7.05. The van der Waals surface area contributed by atoms with Gasteiger partial charge in [0.15, 0.2) is 0 Å². The summed E-state index contributed by atoms with van der Waals surface area (Å²) in [5, 5.41) is 0. The van der Waals surface area contributed by atoms with E-state index in [2.05, 4.69) is 0 Å². The molecule has 152 valence electrons. The molecule has 0 radical (unpaired) electrons. The van der Waals surface area contributed by atoms with E-state index in [1.54, 1.807) is 44.5 Å². The molecule has 1 fully saturated rings. The van der Waals surface area contributed by atoms with E-state index in [-0.39, 0.29) is 11.9 Å². The van der Waals surface area contributed by atoms with Gasteiger partial charge >= 0.3 is 6.03 Å². The van der Waals surface area contributed by atoms with Crippen molar-refractivity contribution in [3.05, 3.63) is 84.4 Å². The van der Waals surface area contributed by atoms with Crippen LogP contribution in [0.4, 0.5) is 10.5 Å². The number of hydrogen-bond donors (Lipinski definition) is 0. The second kappa shape index (κ2) is 8.29. The van der Waals surface area contributed by atoms with Crippen LogP contribution >= 0.6 is 0 Å². The monoisotopic (exact) mass is 402 g/mol. The molecule has 4 rings (SSSR count). The molecule has 30 heavy (non-hydrogen) atoms. The van der Waals surface area contributed by atoms with Crippen LogP contribution in [0, 0.1) is 0 Å². The molecular weight excluding hydrogens is 380 g/mol. The molecule has 3 amide bonds. The number of benzene rings is 3. The molecular formula is C24H22N2O4. The van der Waals surface area contributed by atoms with Crippen LogP contribution < -0.4 is 14.4 Å². The number of methoxy groups -OCH3 is 1. The number of urea groups is 1. The van der Waals surface area contributed by atoms with E-state index >= 15 is 0 Å². The summed E-state index contributed by atoms with van der Waals surface area (Å²) in [7, 11) is 3.26. The lowest BCUT2D eigenvalue weighted by molar-refractivity contribution is -0.119. The third kappa shape index (κ3) is 3.85. The van der Waals surface area contributed by atoms with Crippen LogP contribution in [0.2, 0.25) is 0 Å². The highest BCUT2D eigenvalue weighted by molar-refractivity contribution is 6.21. The standard InChI is InChI=1S/C24H22N2O4/c1-25-22(15-17-7-4-3-5-8-17)23(27)26(24(25)28)18-11-13-19(14-12-18)30-21-10-6-9-20(16-21)29-2/h3-14,16,22H,15H2,1-2H3. The minimum absolute atomic E-state index is 0.229. The van der Waals surface area contributed by atoms with Crippen molar-refractivity contribution >= 4 is 17.6 Å². The number of ether oxygens (including phenoxy) is 2. The smallest absolute Gasteiger partial charge is 0.331 e. The zero-order chi connectivity index (χ0) is 21.1. The van der Waals surface area contributed by atoms with Gasteiger partial charge < -0.3 is 14.4 Å². The van der Waals surface area contributed by atoms with Crippen LogP contribution in [-0.4, -0.2) is 37.0 Å². The molecule has 0 saturated carbocycles. The van der Waals surface area contributed by atoms with Gasteiger partial charge in [0, 0.05) is 19.5 Å². The number of amides is 3. The zero-order valence-corrected chi connectivity index (χ0v) is 16.8. The lowest BCUT2D eigenvalue weighted by atomic mass is 10.1. The summed E-state index contributed by atoms with van der Waals surface area (Å²) in [6.45, 7) is 0. The van der Waals surface area contributed by atoms with Gasteiger partial charge in [-0.3, -0.25) is 4.79 Å². The zero-order valence-electron chi connectivity index (χ0n) is 16.8. The van der Waals surface area contributed by atoms with Gasteiger partial charge in [-0.05, 0) is 42.0 Å². The number of imide groups is 1. The SMILES string of the molecule is COc1cccc(Oc2ccc(N3C(=O)C(Cc4ccccc4)N(C)C3=O)cc2)c1. The van der Waals surface area contributed by atoms with Crippen LogP contribution in [0.25, 0.3) is 0 Å². The van der Waals surface area contributed by atoms with Crippen molar-refractivity contribution in [2.45, 2.75) is 12.5 Å². The van der Waals surface area contributed by atoms with E-state index in [9.17, 15) is 9.59 Å². The minimum Gasteiger partial charge on any atom is -0.497 e. The number of carbonyl (C=O) groups is 2. The molecule has 3 aromatic rings. The number of likely N-dealkylation sites (N-methyl/N-ethyl adjacent to an activating group) is 1. The van der Waals surface area contributed by atoms with E-state index in [0.29, 0.717) is 29.4 Å². The number of rotatable bonds is 6. The molecule has 1 saturated heterocycles. The summed E-state index contributed by atoms with van der Waals surface area (Å²) in [6, 6.07) is 23.0. The van der Waals surface area contributed by atoms with Gasteiger partial charge in [-0.2, -0.15) is 0 Å². The Morgan fingerprint density at radius 3 is 2.23 bits per heavy atom. The number of carbonyl (C=O) groups excluding carboxylic acids is 2. The van der Waals surface area contributed by atoms with Gasteiger partial charge in [0.2, 0.25) is 0 Å². The van der Waals surface area contributed by atoms with E-state index in [0.717, 1.165) is 5.56 Å². The Bertz CT molecular complexity index is 1050. The lowest BCUT2D eigenvalue weighted by Crippen LogP contribution is -2.33. The molecule has 1 aliphatic heterocycles. The molecule has 1 heterocycles. The van der Waals surface area contributed by atoms with E-state index in [1.807, 2.05) is 48.5 Å². The molecule has 0 aromatic heterocycles. The van der Waals surface area contributed by atoms with Crippen LogP contribution in [0.1, 0.15) is 5.56 Å². The van der Waals surface area contributed by atoms with Crippen molar-refractivity contribution in [1.82, 2.24) is 4.90 Å². The number of nitrogens with zero attached hydrogens (tertiary/aromatic N) is 2. The average Bonchev–Trinajstić information content (AvgIpc) is 2.98. The summed E-state index contributed by atoms with van der Waals surface area (Å²) < 4.78 is 11.0. The fourth-order valence-corrected chi connectivity index (χ4v) is 3.46. The molecule has 3 aromatic carbocycles. The third-order valence-corrected chi connectivity index (χ3v) is 5.11. The van der Waals surface area contributed by atoms with Gasteiger partial charge in [-0.15, -0.1) is 0 Å². The van der Waals surface area contributed by atoms with Crippen molar-refractivity contribution in [1.29, 1.82) is 0 Å². The Morgan fingerprint density at radius 1 is 0.833 bits per heavy atom. The molecule has 6 heteroatoms. The van der Waals surface area contributed by atoms with Crippen LogP contribution in [0.15, 0.2) is 78.9 Å². The summed E-state index contributed by atoms with van der Waals surface area (Å²) in [4.78, 5) is 28.5. The summed E-state index contributed by atoms with van der Waals surface area (Å²) in [5.41, 5.74) is 1.53. The Kier molecular flexibility index (Phi) is 5.39. The van der Waals surface area contributed by atoms with E-state index in [1.165, 1.54) is 9.80 Å².